The summed E-state index contributed by atoms with van der Waals surface area (Å²) in [5.74, 6) is 0.793. The summed E-state index contributed by atoms with van der Waals surface area (Å²) in [5, 5.41) is 0. The molecule has 1 aromatic heterocycles. The number of rotatable bonds is 6. The molecule has 0 radical (unpaired) electrons. The summed E-state index contributed by atoms with van der Waals surface area (Å²) in [7, 11) is 1.65. The Kier molecular flexibility index (Phi) is 6.54. The van der Waals surface area contributed by atoms with Gasteiger partial charge in [-0.05, 0) is 49.2 Å². The van der Waals surface area contributed by atoms with E-state index in [9.17, 15) is 9.59 Å². The second-order valence-electron chi connectivity index (χ2n) is 7.71. The maximum atomic E-state index is 12.6. The van der Waals surface area contributed by atoms with Crippen LogP contribution in [-0.4, -0.2) is 74.7 Å². The minimum absolute atomic E-state index is 0.172. The monoisotopic (exact) mass is 424 g/mol. The van der Waals surface area contributed by atoms with E-state index in [1.54, 1.807) is 30.3 Å². The number of aromatic nitrogens is 1. The van der Waals surface area contributed by atoms with Gasteiger partial charge in [0.05, 0.1) is 7.11 Å². The number of benzene rings is 1. The molecule has 4 rings (SSSR count). The topological polar surface area (TPSA) is 75.2 Å². The van der Waals surface area contributed by atoms with Gasteiger partial charge in [-0.25, -0.2) is 9.78 Å². The molecule has 0 unspecified atom stereocenters. The Morgan fingerprint density at radius 2 is 1.65 bits per heavy atom. The van der Waals surface area contributed by atoms with Crippen LogP contribution in [-0.2, 0) is 9.53 Å². The molecule has 0 aliphatic carbocycles. The standard InChI is InChI=1S/C23H28N4O4/c1-30-19-8-6-18(7-9-19)25-13-15-26(16-14-25)21(28)17-31-23(29)20-5-4-10-24-22(20)27-11-2-3-12-27/h4-10H,2-3,11-17H2,1H3. The number of esters is 1. The van der Waals surface area contributed by atoms with Gasteiger partial charge in [0, 0.05) is 51.2 Å². The molecule has 0 bridgehead atoms. The van der Waals surface area contributed by atoms with Crippen LogP contribution in [0, 0.1) is 0 Å². The first-order valence-corrected chi connectivity index (χ1v) is 10.7. The highest BCUT2D eigenvalue weighted by molar-refractivity contribution is 5.96. The van der Waals surface area contributed by atoms with Crippen molar-refractivity contribution < 1.29 is 19.1 Å². The van der Waals surface area contributed by atoms with Crippen molar-refractivity contribution in [3.05, 3.63) is 48.2 Å². The zero-order valence-electron chi connectivity index (χ0n) is 17.8. The van der Waals surface area contributed by atoms with E-state index in [4.69, 9.17) is 9.47 Å². The lowest BCUT2D eigenvalue weighted by atomic mass is 10.2. The third-order valence-electron chi connectivity index (χ3n) is 5.81. The smallest absolute Gasteiger partial charge is 0.342 e. The maximum absolute atomic E-state index is 12.6. The molecule has 8 nitrogen and oxygen atoms in total. The maximum Gasteiger partial charge on any atom is 0.342 e. The van der Waals surface area contributed by atoms with Crippen LogP contribution < -0.4 is 14.5 Å². The van der Waals surface area contributed by atoms with Crippen molar-refractivity contribution in [3.8, 4) is 5.75 Å². The second kappa shape index (κ2) is 9.68. The number of hydrogen-bond acceptors (Lipinski definition) is 7. The number of pyridine rings is 1. The van der Waals surface area contributed by atoms with E-state index in [1.807, 2.05) is 24.3 Å². The molecule has 2 saturated heterocycles. The number of carbonyl (C=O) groups excluding carboxylic acids is 2. The van der Waals surface area contributed by atoms with Crippen LogP contribution in [0.25, 0.3) is 0 Å². The zero-order chi connectivity index (χ0) is 21.6. The molecule has 1 aromatic carbocycles. The number of hydrogen-bond donors (Lipinski definition) is 0. The van der Waals surface area contributed by atoms with Gasteiger partial charge in [-0.2, -0.15) is 0 Å². The van der Waals surface area contributed by atoms with Crippen LogP contribution in [0.2, 0.25) is 0 Å². The number of piperazine rings is 1. The molecule has 2 fully saturated rings. The molecule has 2 aliphatic heterocycles. The van der Waals surface area contributed by atoms with Crippen LogP contribution >= 0.6 is 0 Å². The van der Waals surface area contributed by atoms with Gasteiger partial charge in [0.15, 0.2) is 6.61 Å². The quantitative estimate of drug-likeness (QED) is 0.658. The minimum atomic E-state index is -0.500. The molecule has 2 aromatic rings. The first-order valence-electron chi connectivity index (χ1n) is 10.7. The number of nitrogens with zero attached hydrogens (tertiary/aromatic N) is 4. The Bertz CT molecular complexity index is 904. The highest BCUT2D eigenvalue weighted by Gasteiger charge is 2.25. The molecular formula is C23H28N4O4. The first kappa shape index (κ1) is 21.0. The molecule has 164 valence electrons. The molecule has 3 heterocycles. The van der Waals surface area contributed by atoms with Gasteiger partial charge in [-0.15, -0.1) is 0 Å². The molecule has 31 heavy (non-hydrogen) atoms. The van der Waals surface area contributed by atoms with Gasteiger partial charge in [-0.1, -0.05) is 0 Å². The Morgan fingerprint density at radius 3 is 2.32 bits per heavy atom. The Morgan fingerprint density at radius 1 is 0.935 bits per heavy atom. The van der Waals surface area contributed by atoms with E-state index in [0.717, 1.165) is 50.5 Å². The summed E-state index contributed by atoms with van der Waals surface area (Å²) < 4.78 is 10.6. The lowest BCUT2D eigenvalue weighted by Gasteiger charge is -2.36. The molecule has 0 saturated carbocycles. The van der Waals surface area contributed by atoms with Crippen LogP contribution in [0.4, 0.5) is 11.5 Å². The van der Waals surface area contributed by atoms with Crippen molar-refractivity contribution in [2.45, 2.75) is 12.8 Å². The fraction of sp³-hybridized carbons (Fsp3) is 0.435. The Hall–Kier alpha value is -3.29. The summed E-state index contributed by atoms with van der Waals surface area (Å²) in [6.45, 7) is 4.16. The van der Waals surface area contributed by atoms with Crippen molar-refractivity contribution in [1.82, 2.24) is 9.88 Å². The van der Waals surface area contributed by atoms with E-state index in [2.05, 4.69) is 14.8 Å². The Balaban J connectivity index is 1.28. The number of methoxy groups -OCH3 is 1. The summed E-state index contributed by atoms with van der Waals surface area (Å²) in [5.41, 5.74) is 1.52. The number of anilines is 2. The average Bonchev–Trinajstić information content (AvgIpc) is 3.37. The Labute approximate surface area is 182 Å². The van der Waals surface area contributed by atoms with Crippen molar-refractivity contribution in [1.29, 1.82) is 0 Å². The predicted octanol–water partition coefficient (Wildman–Crippen LogP) is 2.20. The number of ether oxygens (including phenoxy) is 2. The average molecular weight is 425 g/mol. The fourth-order valence-electron chi connectivity index (χ4n) is 4.04. The first-order chi connectivity index (χ1) is 15.2. The number of carbonyl (C=O) groups is 2. The molecule has 2 aliphatic rings. The molecule has 8 heteroatoms. The highest BCUT2D eigenvalue weighted by Crippen LogP contribution is 2.23. The van der Waals surface area contributed by atoms with Gasteiger partial charge in [-0.3, -0.25) is 4.79 Å². The van der Waals surface area contributed by atoms with Gasteiger partial charge in [0.2, 0.25) is 0 Å². The third kappa shape index (κ3) is 4.90. The van der Waals surface area contributed by atoms with Gasteiger partial charge >= 0.3 is 5.97 Å². The molecule has 0 N–H and O–H groups in total. The van der Waals surface area contributed by atoms with Crippen LogP contribution in [0.5, 0.6) is 5.75 Å². The normalized spacial score (nSPS) is 16.4. The van der Waals surface area contributed by atoms with Gasteiger partial charge in [0.25, 0.3) is 5.91 Å². The number of amides is 1. The van der Waals surface area contributed by atoms with E-state index < -0.39 is 5.97 Å². The van der Waals surface area contributed by atoms with Crippen LogP contribution in [0.3, 0.4) is 0 Å². The largest absolute Gasteiger partial charge is 0.497 e. The van der Waals surface area contributed by atoms with Crippen molar-refractivity contribution in [3.63, 3.8) is 0 Å². The van der Waals surface area contributed by atoms with E-state index >= 15 is 0 Å². The van der Waals surface area contributed by atoms with Crippen molar-refractivity contribution in [2.75, 3.05) is 62.8 Å². The van der Waals surface area contributed by atoms with Crippen LogP contribution in [0.1, 0.15) is 23.2 Å². The molecule has 1 amide bonds. The minimum Gasteiger partial charge on any atom is -0.497 e. The second-order valence-corrected chi connectivity index (χ2v) is 7.71. The summed E-state index contributed by atoms with van der Waals surface area (Å²) in [4.78, 5) is 35.6. The SMILES string of the molecule is COc1ccc(N2CCN(C(=O)COC(=O)c3cccnc3N3CCCC3)CC2)cc1. The van der Waals surface area contributed by atoms with E-state index in [1.165, 1.54) is 0 Å². The van der Waals surface area contributed by atoms with E-state index in [-0.39, 0.29) is 12.5 Å². The molecule has 0 spiro atoms. The lowest BCUT2D eigenvalue weighted by Crippen LogP contribution is -2.49. The summed E-state index contributed by atoms with van der Waals surface area (Å²) in [6.07, 6.45) is 3.86. The van der Waals surface area contributed by atoms with Gasteiger partial charge < -0.3 is 24.2 Å². The van der Waals surface area contributed by atoms with E-state index in [0.29, 0.717) is 24.5 Å². The van der Waals surface area contributed by atoms with Gasteiger partial charge in [0.1, 0.15) is 17.1 Å². The van der Waals surface area contributed by atoms with Crippen LogP contribution in [0.15, 0.2) is 42.6 Å². The highest BCUT2D eigenvalue weighted by atomic mass is 16.5. The lowest BCUT2D eigenvalue weighted by molar-refractivity contribution is -0.134. The third-order valence-corrected chi connectivity index (χ3v) is 5.81. The fourth-order valence-corrected chi connectivity index (χ4v) is 4.04. The molecule has 0 atom stereocenters. The van der Waals surface area contributed by atoms with Crippen molar-refractivity contribution >= 4 is 23.4 Å². The predicted molar refractivity (Wildman–Crippen MR) is 118 cm³/mol. The molecular weight excluding hydrogens is 396 g/mol. The van der Waals surface area contributed by atoms with Crippen molar-refractivity contribution in [2.24, 2.45) is 0 Å². The zero-order valence-corrected chi connectivity index (χ0v) is 17.8. The summed E-state index contributed by atoms with van der Waals surface area (Å²) >= 11 is 0. The summed E-state index contributed by atoms with van der Waals surface area (Å²) in [6, 6.07) is 11.3.